The molecule has 0 atom stereocenters. The van der Waals surface area contributed by atoms with Crippen LogP contribution in [0.5, 0.6) is 0 Å². The Hall–Kier alpha value is -2.54. The Morgan fingerprint density at radius 1 is 1.04 bits per heavy atom. The van der Waals surface area contributed by atoms with Crippen LogP contribution in [-0.2, 0) is 16.1 Å². The van der Waals surface area contributed by atoms with Crippen molar-refractivity contribution in [2.24, 2.45) is 5.92 Å². The first-order valence-corrected chi connectivity index (χ1v) is 8.93. The van der Waals surface area contributed by atoms with Gasteiger partial charge in [-0.05, 0) is 12.8 Å². The summed E-state index contributed by atoms with van der Waals surface area (Å²) in [7, 11) is 0. The van der Waals surface area contributed by atoms with E-state index >= 15 is 0 Å². The van der Waals surface area contributed by atoms with Crippen molar-refractivity contribution in [2.45, 2.75) is 27.3 Å². The van der Waals surface area contributed by atoms with E-state index in [1.807, 2.05) is 50.4 Å². The van der Waals surface area contributed by atoms with E-state index < -0.39 is 17.8 Å². The molecule has 4 amide bonds. The van der Waals surface area contributed by atoms with Crippen molar-refractivity contribution in [3.05, 3.63) is 40.9 Å². The molecule has 3 rings (SSSR count). The molecular weight excluding hydrogens is 338 g/mol. The van der Waals surface area contributed by atoms with Gasteiger partial charge in [-0.25, -0.2) is 14.7 Å². The maximum atomic E-state index is 12.4. The van der Waals surface area contributed by atoms with Crippen LogP contribution in [0, 0.1) is 12.8 Å². The summed E-state index contributed by atoms with van der Waals surface area (Å²) in [4.78, 5) is 43.0. The summed E-state index contributed by atoms with van der Waals surface area (Å²) < 4.78 is 0. The molecule has 0 unspecified atom stereocenters. The van der Waals surface area contributed by atoms with Crippen molar-refractivity contribution in [2.75, 3.05) is 6.54 Å². The maximum Gasteiger partial charge on any atom is 0.334 e. The first-order chi connectivity index (χ1) is 11.9. The molecule has 0 bridgehead atoms. The molecule has 0 aliphatic carbocycles. The molecule has 1 fully saturated rings. The molecule has 2 aromatic rings. The second kappa shape index (κ2) is 6.76. The van der Waals surface area contributed by atoms with Crippen LogP contribution in [-0.4, -0.2) is 39.2 Å². The Balaban J connectivity index is 1.76. The Labute approximate surface area is 150 Å². The maximum absolute atomic E-state index is 12.4. The molecule has 1 saturated heterocycles. The Kier molecular flexibility index (Phi) is 4.67. The van der Waals surface area contributed by atoms with Crippen molar-refractivity contribution < 1.29 is 14.4 Å². The molecule has 0 saturated carbocycles. The number of aryl methyl sites for hydroxylation is 1. The molecule has 130 valence electrons. The summed E-state index contributed by atoms with van der Waals surface area (Å²) in [6.07, 6.45) is 0. The Morgan fingerprint density at radius 2 is 1.68 bits per heavy atom. The van der Waals surface area contributed by atoms with Gasteiger partial charge in [-0.1, -0.05) is 43.7 Å². The summed E-state index contributed by atoms with van der Waals surface area (Å²) in [6.45, 7) is 6.05. The SMILES string of the molecule is Cc1ccc(-c2nc(CN3C(=O)C(=O)N(CC(C)C)C3=O)cs2)cc1. The number of carbonyl (C=O) groups is 3. The van der Waals surface area contributed by atoms with E-state index in [0.717, 1.165) is 25.9 Å². The van der Waals surface area contributed by atoms with Gasteiger partial charge in [0.15, 0.2) is 0 Å². The van der Waals surface area contributed by atoms with Gasteiger partial charge in [0.05, 0.1) is 12.2 Å². The normalized spacial score (nSPS) is 15.0. The third-order valence-corrected chi connectivity index (χ3v) is 4.79. The zero-order valence-corrected chi connectivity index (χ0v) is 15.2. The van der Waals surface area contributed by atoms with Crippen molar-refractivity contribution in [1.82, 2.24) is 14.8 Å². The lowest BCUT2D eigenvalue weighted by molar-refractivity contribution is -0.143. The van der Waals surface area contributed by atoms with Gasteiger partial charge < -0.3 is 0 Å². The fraction of sp³-hybridized carbons (Fsp3) is 0.333. The van der Waals surface area contributed by atoms with Crippen LogP contribution >= 0.6 is 11.3 Å². The largest absolute Gasteiger partial charge is 0.334 e. The van der Waals surface area contributed by atoms with Gasteiger partial charge in [0.1, 0.15) is 5.01 Å². The highest BCUT2D eigenvalue weighted by atomic mass is 32.1. The first-order valence-electron chi connectivity index (χ1n) is 8.05. The van der Waals surface area contributed by atoms with Crippen molar-refractivity contribution >= 4 is 29.2 Å². The average Bonchev–Trinajstić information content (AvgIpc) is 3.11. The van der Waals surface area contributed by atoms with Crippen LogP contribution in [0.4, 0.5) is 4.79 Å². The highest BCUT2D eigenvalue weighted by Crippen LogP contribution is 2.25. The molecule has 25 heavy (non-hydrogen) atoms. The van der Waals surface area contributed by atoms with Crippen molar-refractivity contribution in [1.29, 1.82) is 0 Å². The number of carbonyl (C=O) groups excluding carboxylic acids is 3. The van der Waals surface area contributed by atoms with Crippen LogP contribution in [0.1, 0.15) is 25.1 Å². The van der Waals surface area contributed by atoms with Crippen LogP contribution < -0.4 is 0 Å². The third-order valence-electron chi connectivity index (χ3n) is 3.85. The number of aromatic nitrogens is 1. The van der Waals surface area contributed by atoms with Gasteiger partial charge in [-0.3, -0.25) is 14.5 Å². The summed E-state index contributed by atoms with van der Waals surface area (Å²) >= 11 is 1.45. The summed E-state index contributed by atoms with van der Waals surface area (Å²) in [5.41, 5.74) is 2.75. The van der Waals surface area contributed by atoms with Gasteiger partial charge in [-0.2, -0.15) is 0 Å². The number of thiazole rings is 1. The standard InChI is InChI=1S/C18H19N3O3S/c1-11(2)8-20-16(22)17(23)21(18(20)24)9-14-10-25-15(19-14)13-6-4-12(3)5-7-13/h4-7,10-11H,8-9H2,1-3H3. The molecule has 7 heteroatoms. The Morgan fingerprint density at radius 3 is 2.32 bits per heavy atom. The number of rotatable bonds is 5. The number of urea groups is 1. The minimum atomic E-state index is -0.782. The zero-order chi connectivity index (χ0) is 18.1. The number of imide groups is 2. The highest BCUT2D eigenvalue weighted by molar-refractivity contribution is 7.13. The lowest BCUT2D eigenvalue weighted by atomic mass is 10.2. The van der Waals surface area contributed by atoms with Crippen LogP contribution in [0.25, 0.3) is 10.6 Å². The van der Waals surface area contributed by atoms with Crippen molar-refractivity contribution in [3.8, 4) is 10.6 Å². The second-order valence-corrected chi connectivity index (χ2v) is 7.35. The molecule has 1 aliphatic rings. The second-order valence-electron chi connectivity index (χ2n) is 6.49. The predicted molar refractivity (Wildman–Crippen MR) is 94.8 cm³/mol. The number of amides is 4. The highest BCUT2D eigenvalue weighted by Gasteiger charge is 2.44. The van der Waals surface area contributed by atoms with E-state index in [1.165, 1.54) is 11.3 Å². The fourth-order valence-electron chi connectivity index (χ4n) is 2.59. The predicted octanol–water partition coefficient (Wildman–Crippen LogP) is 3.07. The Bertz CT molecular complexity index is 826. The molecule has 1 aromatic carbocycles. The molecule has 1 aromatic heterocycles. The van der Waals surface area contributed by atoms with E-state index in [1.54, 1.807) is 0 Å². The zero-order valence-electron chi connectivity index (χ0n) is 14.4. The van der Waals surface area contributed by atoms with E-state index in [-0.39, 0.29) is 19.0 Å². The lowest BCUT2D eigenvalue weighted by Gasteiger charge is -2.16. The molecular formula is C18H19N3O3S. The first kappa shape index (κ1) is 17.3. The monoisotopic (exact) mass is 357 g/mol. The molecule has 0 N–H and O–H groups in total. The van der Waals surface area contributed by atoms with Crippen LogP contribution in [0.2, 0.25) is 0 Å². The molecule has 6 nitrogen and oxygen atoms in total. The van der Waals surface area contributed by atoms with Crippen LogP contribution in [0.15, 0.2) is 29.6 Å². The summed E-state index contributed by atoms with van der Waals surface area (Å²) in [5, 5.41) is 2.63. The van der Waals surface area contributed by atoms with Crippen LogP contribution in [0.3, 0.4) is 0 Å². The van der Waals surface area contributed by atoms with Gasteiger partial charge in [-0.15, -0.1) is 11.3 Å². The van der Waals surface area contributed by atoms with E-state index in [0.29, 0.717) is 5.69 Å². The molecule has 0 radical (unpaired) electrons. The average molecular weight is 357 g/mol. The minimum Gasteiger partial charge on any atom is -0.263 e. The number of hydrogen-bond acceptors (Lipinski definition) is 5. The third kappa shape index (κ3) is 3.46. The quantitative estimate of drug-likeness (QED) is 0.609. The van der Waals surface area contributed by atoms with E-state index in [9.17, 15) is 14.4 Å². The summed E-state index contributed by atoms with van der Waals surface area (Å²) in [6, 6.07) is 7.42. The smallest absolute Gasteiger partial charge is 0.263 e. The fourth-order valence-corrected chi connectivity index (χ4v) is 3.40. The molecule has 1 aliphatic heterocycles. The minimum absolute atomic E-state index is 0.0142. The van der Waals surface area contributed by atoms with E-state index in [2.05, 4.69) is 4.98 Å². The molecule has 2 heterocycles. The molecule has 0 spiro atoms. The van der Waals surface area contributed by atoms with Gasteiger partial charge in [0, 0.05) is 17.5 Å². The topological polar surface area (TPSA) is 70.6 Å². The van der Waals surface area contributed by atoms with Gasteiger partial charge >= 0.3 is 17.8 Å². The number of benzene rings is 1. The lowest BCUT2D eigenvalue weighted by Crippen LogP contribution is -2.35. The number of nitrogens with zero attached hydrogens (tertiary/aromatic N) is 3. The van der Waals surface area contributed by atoms with Crippen molar-refractivity contribution in [3.63, 3.8) is 0 Å². The van der Waals surface area contributed by atoms with E-state index in [4.69, 9.17) is 0 Å². The number of hydrogen-bond donors (Lipinski definition) is 0. The van der Waals surface area contributed by atoms with Gasteiger partial charge in [0.25, 0.3) is 0 Å². The summed E-state index contributed by atoms with van der Waals surface area (Å²) in [5.74, 6) is -1.43. The van der Waals surface area contributed by atoms with Gasteiger partial charge in [0.2, 0.25) is 0 Å².